The largest absolute Gasteiger partial charge is 0.477 e. The first-order valence-electron chi connectivity index (χ1n) is 5.21. The van der Waals surface area contributed by atoms with Gasteiger partial charge in [0.15, 0.2) is 0 Å². The van der Waals surface area contributed by atoms with Gasteiger partial charge in [0.1, 0.15) is 0 Å². The molecule has 1 aromatic heterocycles. The van der Waals surface area contributed by atoms with Crippen LogP contribution >= 0.6 is 0 Å². The normalized spacial score (nSPS) is 8.56. The Bertz CT molecular complexity index is 482. The van der Waals surface area contributed by atoms with E-state index in [0.29, 0.717) is 0 Å². The van der Waals surface area contributed by atoms with Crippen molar-refractivity contribution in [2.24, 2.45) is 0 Å². The van der Waals surface area contributed by atoms with Gasteiger partial charge in [-0.05, 0) is 18.7 Å². The van der Waals surface area contributed by atoms with Crippen molar-refractivity contribution in [3.63, 3.8) is 0 Å². The Labute approximate surface area is 120 Å². The fraction of sp³-hybridized carbons (Fsp3) is 0.143. The summed E-state index contributed by atoms with van der Waals surface area (Å²) in [5, 5.41) is 7.53. The maximum atomic E-state index is 7.53. The monoisotopic (exact) mass is 422 g/mol. The molecule has 1 radical (unpaired) electrons. The molecule has 1 heterocycles. The van der Waals surface area contributed by atoms with Crippen LogP contribution in [0.3, 0.4) is 0 Å². The molecule has 4 heteroatoms. The second kappa shape index (κ2) is 8.56. The summed E-state index contributed by atoms with van der Waals surface area (Å²) in [6.07, 6.45) is 1.81. The number of carboxylic acids is 1. The average Bonchev–Trinajstić information content (AvgIpc) is 2.30. The van der Waals surface area contributed by atoms with Gasteiger partial charge in [-0.2, -0.15) is 0 Å². The third kappa shape index (κ3) is 5.71. The van der Waals surface area contributed by atoms with Gasteiger partial charge in [-0.25, -0.2) is 0 Å². The van der Waals surface area contributed by atoms with Crippen molar-refractivity contribution in [3.8, 4) is 11.3 Å². The number of rotatable bonds is 1. The molecule has 0 atom stereocenters. The van der Waals surface area contributed by atoms with E-state index in [1.54, 1.807) is 0 Å². The number of aryl methyl sites for hydroxylation is 1. The molecule has 0 unspecified atom stereocenters. The number of nitrogens with zero attached hydrogens (tertiary/aromatic N) is 1. The van der Waals surface area contributed by atoms with Gasteiger partial charge >= 0.3 is 5.97 Å². The molecule has 2 rings (SSSR count). The Balaban J connectivity index is 0.000000512. The zero-order valence-electron chi connectivity index (χ0n) is 10.2. The molecule has 18 heavy (non-hydrogen) atoms. The first-order chi connectivity index (χ1) is 8.11. The van der Waals surface area contributed by atoms with E-state index in [0.717, 1.165) is 11.3 Å². The topological polar surface area (TPSA) is 54.5 Å². The Kier molecular flexibility index (Phi) is 7.84. The molecule has 3 nitrogen and oxygen atoms in total. The molecule has 0 aliphatic heterocycles. The summed E-state index contributed by atoms with van der Waals surface area (Å²) < 4.78 is 0. The fourth-order valence-corrected chi connectivity index (χ4v) is 1.31. The molecular formula is C14H15IrNO2. The molecule has 0 bridgehead atoms. The SMILES string of the molecule is CC(O)=[OH+].Cc1cccnc1-c1[c-]cccc1.[Ir]. The summed E-state index contributed by atoms with van der Waals surface area (Å²) in [7, 11) is 0. The predicted octanol–water partition coefficient (Wildman–Crippen LogP) is 2.92. The van der Waals surface area contributed by atoms with Gasteiger partial charge in [-0.15, -0.1) is 35.9 Å². The molecule has 0 spiro atoms. The van der Waals surface area contributed by atoms with E-state index in [9.17, 15) is 0 Å². The molecule has 0 aliphatic rings. The Hall–Kier alpha value is -1.51. The summed E-state index contributed by atoms with van der Waals surface area (Å²) in [4.78, 5) is 11.8. The first kappa shape index (κ1) is 16.5. The van der Waals surface area contributed by atoms with Gasteiger partial charge in [-0.3, -0.25) is 0 Å². The number of pyridine rings is 1. The Morgan fingerprint density at radius 1 is 1.28 bits per heavy atom. The van der Waals surface area contributed by atoms with Gasteiger partial charge < -0.3 is 14.9 Å². The van der Waals surface area contributed by atoms with Crippen LogP contribution in [0.5, 0.6) is 0 Å². The minimum absolute atomic E-state index is 0. The molecule has 0 saturated carbocycles. The second-order valence-electron chi connectivity index (χ2n) is 3.49. The van der Waals surface area contributed by atoms with E-state index in [-0.39, 0.29) is 20.1 Å². The molecule has 2 aromatic rings. The minimum Gasteiger partial charge on any atom is -0.339 e. The quantitative estimate of drug-likeness (QED) is 0.569. The number of aliphatic hydroxyl groups excluding tert-OH is 1. The van der Waals surface area contributed by atoms with Crippen molar-refractivity contribution < 1.29 is 30.0 Å². The summed E-state index contributed by atoms with van der Waals surface area (Å²) >= 11 is 0. The maximum absolute atomic E-state index is 7.53. The van der Waals surface area contributed by atoms with Gasteiger partial charge in [-0.1, -0.05) is 11.6 Å². The van der Waals surface area contributed by atoms with E-state index in [1.165, 1.54) is 12.5 Å². The molecule has 0 aliphatic carbocycles. The standard InChI is InChI=1S/C12H10N.C2H4O2.Ir/c1-10-6-5-9-13-12(10)11-7-3-2-4-8-11;1-2(3)4;/h2-7,9H,1H3;1H3,(H,3,4);/q-1;;/p+1. The third-order valence-electron chi connectivity index (χ3n) is 1.97. The van der Waals surface area contributed by atoms with Crippen LogP contribution in [0.15, 0.2) is 42.6 Å². The van der Waals surface area contributed by atoms with Gasteiger partial charge in [0.05, 0.1) is 6.92 Å². The zero-order valence-corrected chi connectivity index (χ0v) is 12.6. The Morgan fingerprint density at radius 3 is 2.44 bits per heavy atom. The maximum Gasteiger partial charge on any atom is 0.477 e. The van der Waals surface area contributed by atoms with Crippen LogP contribution in [0.2, 0.25) is 0 Å². The number of aliphatic carboxylic acids is 1. The van der Waals surface area contributed by atoms with Crippen LogP contribution in [-0.2, 0) is 20.1 Å². The molecule has 97 valence electrons. The number of hydrogen-bond donors (Lipinski definition) is 1. The number of benzene rings is 1. The average molecular weight is 421 g/mol. The number of aromatic nitrogens is 1. The van der Waals surface area contributed by atoms with Gasteiger partial charge in [0.2, 0.25) is 0 Å². The molecule has 0 fully saturated rings. The molecule has 0 amide bonds. The number of hydrogen-bond acceptors (Lipinski definition) is 1. The van der Waals surface area contributed by atoms with Crippen LogP contribution in [0, 0.1) is 13.0 Å². The third-order valence-corrected chi connectivity index (χ3v) is 1.97. The Morgan fingerprint density at radius 2 is 1.94 bits per heavy atom. The van der Waals surface area contributed by atoms with Crippen molar-refractivity contribution in [1.29, 1.82) is 0 Å². The van der Waals surface area contributed by atoms with Crippen molar-refractivity contribution in [2.75, 3.05) is 0 Å². The van der Waals surface area contributed by atoms with E-state index < -0.39 is 5.97 Å². The van der Waals surface area contributed by atoms with Crippen LogP contribution < -0.4 is 0 Å². The van der Waals surface area contributed by atoms with Crippen molar-refractivity contribution >= 4 is 5.97 Å². The van der Waals surface area contributed by atoms with Crippen LogP contribution in [0.1, 0.15) is 12.5 Å². The van der Waals surface area contributed by atoms with Crippen LogP contribution in [0.25, 0.3) is 11.3 Å². The summed E-state index contributed by atoms with van der Waals surface area (Å²) in [6.45, 7) is 3.25. The predicted molar refractivity (Wildman–Crippen MR) is 68.5 cm³/mol. The summed E-state index contributed by atoms with van der Waals surface area (Å²) in [5.41, 5.74) is 3.26. The zero-order chi connectivity index (χ0) is 12.7. The van der Waals surface area contributed by atoms with Crippen LogP contribution in [-0.4, -0.2) is 20.9 Å². The van der Waals surface area contributed by atoms with Crippen molar-refractivity contribution in [1.82, 2.24) is 4.98 Å². The molecular weight excluding hydrogens is 406 g/mol. The minimum atomic E-state index is -0.583. The van der Waals surface area contributed by atoms with Crippen molar-refractivity contribution in [2.45, 2.75) is 13.8 Å². The van der Waals surface area contributed by atoms with E-state index in [4.69, 9.17) is 9.90 Å². The first-order valence-corrected chi connectivity index (χ1v) is 5.21. The van der Waals surface area contributed by atoms with Crippen LogP contribution in [0.4, 0.5) is 0 Å². The molecule has 1 aromatic carbocycles. The van der Waals surface area contributed by atoms with E-state index in [2.05, 4.69) is 24.0 Å². The van der Waals surface area contributed by atoms with E-state index in [1.807, 2.05) is 36.5 Å². The number of carboxylic acid groups (broad SMARTS) is 1. The van der Waals surface area contributed by atoms with Crippen molar-refractivity contribution in [3.05, 3.63) is 54.2 Å². The second-order valence-corrected chi connectivity index (χ2v) is 3.49. The van der Waals surface area contributed by atoms with E-state index >= 15 is 0 Å². The summed E-state index contributed by atoms with van der Waals surface area (Å²) in [5.74, 6) is -0.583. The smallest absolute Gasteiger partial charge is 0.339 e. The van der Waals surface area contributed by atoms with Gasteiger partial charge in [0.25, 0.3) is 0 Å². The fourth-order valence-electron chi connectivity index (χ4n) is 1.31. The molecule has 2 N–H and O–H groups in total. The summed E-state index contributed by atoms with van der Waals surface area (Å²) in [6, 6.07) is 15.1. The molecule has 0 saturated heterocycles. The van der Waals surface area contributed by atoms with Gasteiger partial charge in [0, 0.05) is 26.3 Å².